The number of aliphatic hydroxyl groups excluding tert-OH is 1. The number of aromatic hydroxyl groups is 1. The number of thiol groups is 1. The van der Waals surface area contributed by atoms with E-state index in [0.717, 1.165) is 0 Å². The van der Waals surface area contributed by atoms with Crippen LogP contribution in [0.3, 0.4) is 0 Å². The van der Waals surface area contributed by atoms with E-state index in [0.29, 0.717) is 24.8 Å². The molecular formula is C48H77N13O18S. The van der Waals surface area contributed by atoms with Crippen LogP contribution < -0.4 is 70.8 Å². The highest BCUT2D eigenvalue weighted by Crippen LogP contribution is 2.14. The number of aliphatic hydroxyl groups is 1. The number of unbranched alkanes of at least 4 members (excludes halogenated alkanes) is 2. The first-order chi connectivity index (χ1) is 37.6. The van der Waals surface area contributed by atoms with Crippen LogP contribution in [-0.4, -0.2) is 188 Å². The molecule has 1 aromatic rings. The van der Waals surface area contributed by atoms with Crippen LogP contribution in [0, 0.1) is 5.92 Å². The van der Waals surface area contributed by atoms with E-state index in [1.807, 2.05) is 0 Å². The quantitative estimate of drug-likeness (QED) is 0.0215. The van der Waals surface area contributed by atoms with Crippen molar-refractivity contribution in [2.75, 3.05) is 25.4 Å². The first-order valence-electron chi connectivity index (χ1n) is 25.4. The van der Waals surface area contributed by atoms with Crippen molar-refractivity contribution < 1.29 is 87.9 Å². The molecule has 0 aromatic heterocycles. The summed E-state index contributed by atoms with van der Waals surface area (Å²) in [4.78, 5) is 169. The topological polar surface area (TPSA) is 535 Å². The predicted molar refractivity (Wildman–Crippen MR) is 285 cm³/mol. The van der Waals surface area contributed by atoms with Gasteiger partial charge in [0.2, 0.25) is 59.1 Å². The van der Waals surface area contributed by atoms with Crippen LogP contribution in [0.2, 0.25) is 0 Å². The number of carbonyl (C=O) groups is 13. The van der Waals surface area contributed by atoms with E-state index in [2.05, 4.69) is 60.5 Å². The van der Waals surface area contributed by atoms with Crippen LogP contribution in [0.1, 0.15) is 90.5 Å². The summed E-state index contributed by atoms with van der Waals surface area (Å²) in [5, 5.41) is 68.3. The number of benzene rings is 1. The van der Waals surface area contributed by atoms with Crippen molar-refractivity contribution >= 4 is 89.6 Å². The standard InChI is InChI=1S/C48H77N13O18S/c1-23(2)38(61-45(75)33(20-37(67)68)59-41(71)28(8-4-6-16-49)54-40(70)27(51)21-62)47(77)60-34(22-80)46(76)55-29(9-5-7-17-50)42(72)58-32(19-35(52)64)44(74)57-31(18-25-10-12-26(63)13-11-25)43(73)53-24(3)39(69)56-30(48(78)79)14-15-36(65)66/h10-13,23-24,27-34,38,62-63,80H,4-9,14-22,49-51H2,1-3H3,(H2,52,64)(H,53,73)(H,54,70)(H,55,76)(H,56,69)(H,57,74)(H,58,72)(H,59,71)(H,60,77)(H,61,75)(H,65,66)(H,67,68)(H,78,79)/t24-,27-,28-,29-,30-,31-,32-,33-,34-,38-/m0/s1. The van der Waals surface area contributed by atoms with Gasteiger partial charge in [-0.1, -0.05) is 26.0 Å². The lowest BCUT2D eigenvalue weighted by molar-refractivity contribution is -0.143. The van der Waals surface area contributed by atoms with Gasteiger partial charge in [0.15, 0.2) is 0 Å². The minimum Gasteiger partial charge on any atom is -0.508 e. The van der Waals surface area contributed by atoms with E-state index < -0.39 is 181 Å². The second kappa shape index (κ2) is 36.5. The molecule has 0 fully saturated rings. The summed E-state index contributed by atoms with van der Waals surface area (Å²) in [5.41, 5.74) is 22.6. The summed E-state index contributed by atoms with van der Waals surface area (Å²) in [6.45, 7) is 3.75. The van der Waals surface area contributed by atoms with Crippen molar-refractivity contribution in [2.45, 2.75) is 152 Å². The third-order valence-corrected chi connectivity index (χ3v) is 12.2. The largest absolute Gasteiger partial charge is 0.508 e. The van der Waals surface area contributed by atoms with Crippen molar-refractivity contribution in [2.24, 2.45) is 28.9 Å². The number of phenolic OH excluding ortho intramolecular Hbond substituents is 1. The molecule has 32 heteroatoms. The number of hydrogen-bond donors (Lipinski definition) is 19. The number of nitrogens with two attached hydrogens (primary N) is 4. The van der Waals surface area contributed by atoms with Gasteiger partial charge in [-0.2, -0.15) is 12.6 Å². The number of nitrogens with one attached hydrogen (secondary N) is 9. The molecule has 0 aliphatic heterocycles. The molecular weight excluding hydrogens is 1080 g/mol. The van der Waals surface area contributed by atoms with Crippen LogP contribution >= 0.6 is 12.6 Å². The van der Waals surface area contributed by atoms with Gasteiger partial charge in [0.1, 0.15) is 66.2 Å². The van der Waals surface area contributed by atoms with Gasteiger partial charge in [-0.05, 0) is 88.6 Å². The van der Waals surface area contributed by atoms with Gasteiger partial charge in [0.05, 0.1) is 19.4 Å². The molecule has 22 N–H and O–H groups in total. The number of carbonyl (C=O) groups excluding carboxylic acids is 10. The summed E-state index contributed by atoms with van der Waals surface area (Å²) < 4.78 is 0. The second-order valence-electron chi connectivity index (χ2n) is 18.8. The molecule has 0 radical (unpaired) electrons. The first-order valence-corrected chi connectivity index (χ1v) is 26.1. The lowest BCUT2D eigenvalue weighted by Crippen LogP contribution is -2.61. The SMILES string of the molecule is CC(C)[C@H](NC(=O)[C@H](CC(=O)O)NC(=O)[C@H](CCCCN)NC(=O)[C@@H](N)CO)C(=O)N[C@@H](CS)C(=O)N[C@@H](CCCCN)C(=O)N[C@@H](CC(N)=O)C(=O)N[C@@H](Cc1ccc(O)cc1)C(=O)N[C@@H](C)C(=O)N[C@@H](CCC(=O)O)C(=O)O. The van der Waals surface area contributed by atoms with Crippen molar-refractivity contribution in [1.29, 1.82) is 0 Å². The molecule has 0 saturated carbocycles. The van der Waals surface area contributed by atoms with E-state index in [4.69, 9.17) is 28.0 Å². The minimum atomic E-state index is -1.84. The van der Waals surface area contributed by atoms with Gasteiger partial charge in [0.25, 0.3) is 0 Å². The van der Waals surface area contributed by atoms with Crippen LogP contribution in [0.5, 0.6) is 5.75 Å². The van der Waals surface area contributed by atoms with Gasteiger partial charge in [-0.25, -0.2) is 4.79 Å². The molecule has 1 rings (SSSR count). The number of primary amides is 1. The van der Waals surface area contributed by atoms with Crippen molar-refractivity contribution in [3.63, 3.8) is 0 Å². The Morgan fingerprint density at radius 2 is 0.950 bits per heavy atom. The van der Waals surface area contributed by atoms with E-state index in [1.54, 1.807) is 0 Å². The molecule has 31 nitrogen and oxygen atoms in total. The normalized spacial score (nSPS) is 14.8. The smallest absolute Gasteiger partial charge is 0.326 e. The van der Waals surface area contributed by atoms with Crippen molar-refractivity contribution in [3.05, 3.63) is 29.8 Å². The molecule has 0 saturated heterocycles. The van der Waals surface area contributed by atoms with Gasteiger partial charge in [-0.15, -0.1) is 0 Å². The van der Waals surface area contributed by atoms with E-state index in [-0.39, 0.29) is 44.5 Å². The Bertz CT molecular complexity index is 2310. The lowest BCUT2D eigenvalue weighted by atomic mass is 10.0. The highest BCUT2D eigenvalue weighted by Gasteiger charge is 2.36. The highest BCUT2D eigenvalue weighted by atomic mass is 32.1. The Morgan fingerprint density at radius 3 is 1.41 bits per heavy atom. The zero-order valence-electron chi connectivity index (χ0n) is 44.6. The highest BCUT2D eigenvalue weighted by molar-refractivity contribution is 7.80. The fourth-order valence-electron chi connectivity index (χ4n) is 7.29. The second-order valence-corrected chi connectivity index (χ2v) is 19.2. The van der Waals surface area contributed by atoms with Gasteiger partial charge in [-0.3, -0.25) is 57.5 Å². The summed E-state index contributed by atoms with van der Waals surface area (Å²) in [5.74, 6) is -16.3. The maximum Gasteiger partial charge on any atom is 0.326 e. The third-order valence-electron chi connectivity index (χ3n) is 11.8. The Labute approximate surface area is 465 Å². The van der Waals surface area contributed by atoms with Gasteiger partial charge >= 0.3 is 17.9 Å². The van der Waals surface area contributed by atoms with Crippen LogP contribution in [-0.2, 0) is 68.7 Å². The Kier molecular flexibility index (Phi) is 32.1. The number of carboxylic acid groups (broad SMARTS) is 3. The van der Waals surface area contributed by atoms with E-state index in [1.165, 1.54) is 45.0 Å². The zero-order valence-corrected chi connectivity index (χ0v) is 45.5. The van der Waals surface area contributed by atoms with E-state index in [9.17, 15) is 82.8 Å². The Morgan fingerprint density at radius 1 is 0.512 bits per heavy atom. The summed E-state index contributed by atoms with van der Waals surface area (Å²) >= 11 is 4.19. The minimum absolute atomic E-state index is 0.0205. The molecule has 0 aliphatic rings. The number of rotatable bonds is 39. The average molecular weight is 1160 g/mol. The van der Waals surface area contributed by atoms with Gasteiger partial charge < -0.3 is 96.3 Å². The van der Waals surface area contributed by atoms with Crippen molar-refractivity contribution in [3.8, 4) is 5.75 Å². The summed E-state index contributed by atoms with van der Waals surface area (Å²) in [6.07, 6.45) is -2.24. The molecule has 0 bridgehead atoms. The molecule has 0 unspecified atom stereocenters. The molecule has 448 valence electrons. The number of carboxylic acids is 3. The molecule has 80 heavy (non-hydrogen) atoms. The summed E-state index contributed by atoms with van der Waals surface area (Å²) in [7, 11) is 0. The van der Waals surface area contributed by atoms with Crippen molar-refractivity contribution in [1.82, 2.24) is 47.9 Å². The van der Waals surface area contributed by atoms with Crippen LogP contribution in [0.25, 0.3) is 0 Å². The third kappa shape index (κ3) is 26.3. The monoisotopic (exact) mass is 1160 g/mol. The Hall–Kier alpha value is -7.68. The van der Waals surface area contributed by atoms with Crippen LogP contribution in [0.15, 0.2) is 24.3 Å². The fraction of sp³-hybridized carbons (Fsp3) is 0.604. The first kappa shape index (κ1) is 70.3. The molecule has 0 spiro atoms. The predicted octanol–water partition coefficient (Wildman–Crippen LogP) is -6.22. The maximum atomic E-state index is 14.0. The molecule has 10 amide bonds. The van der Waals surface area contributed by atoms with Crippen LogP contribution in [0.4, 0.5) is 0 Å². The fourth-order valence-corrected chi connectivity index (χ4v) is 7.55. The molecule has 0 heterocycles. The number of amides is 10. The summed E-state index contributed by atoms with van der Waals surface area (Å²) in [6, 6.07) is -10.5. The molecule has 1 aromatic carbocycles. The zero-order chi connectivity index (χ0) is 60.8. The lowest BCUT2D eigenvalue weighted by Gasteiger charge is -2.28. The number of phenols is 1. The van der Waals surface area contributed by atoms with E-state index >= 15 is 0 Å². The van der Waals surface area contributed by atoms with Gasteiger partial charge in [0, 0.05) is 18.6 Å². The number of hydrogen-bond acceptors (Lipinski definition) is 19. The average Bonchev–Trinajstić information content (AvgIpc) is 3.38. The molecule has 10 atom stereocenters. The molecule has 0 aliphatic carbocycles. The maximum absolute atomic E-state index is 14.0. The number of aliphatic carboxylic acids is 3. The Balaban J connectivity index is 3.44.